The highest BCUT2D eigenvalue weighted by Gasteiger charge is 2.90. The molecule has 0 heterocycles. The van der Waals surface area contributed by atoms with E-state index in [0.717, 1.165) is 18.6 Å². The molecule has 34 heavy (non-hydrogen) atoms. The van der Waals surface area contributed by atoms with Crippen LogP contribution in [0.5, 0.6) is 0 Å². The number of rotatable bonds is 8. The van der Waals surface area contributed by atoms with Crippen molar-refractivity contribution < 1.29 is 66.6 Å². The monoisotopic (exact) mass is 520 g/mol. The Balaban J connectivity index is 5.45. The van der Waals surface area contributed by atoms with Crippen molar-refractivity contribution in [1.29, 1.82) is 0 Å². The summed E-state index contributed by atoms with van der Waals surface area (Å²) in [4.78, 5) is 11.2. The SMILES string of the molecule is CCCC#C/C=C/C(=O)OCC#C/C=C/C(F)(F)C(F)(F)C(F)(F)C(F)(F)C(F)(F)C(F)(F)F. The van der Waals surface area contributed by atoms with Gasteiger partial charge >= 0.3 is 41.8 Å². The number of carbonyl (C=O) groups is 1. The number of unbranched alkanes of at least 4 members (excludes halogenated alkanes) is 1. The third kappa shape index (κ3) is 6.61. The highest BCUT2D eigenvalue weighted by atomic mass is 19.4. The van der Waals surface area contributed by atoms with Crippen molar-refractivity contribution in [3.63, 3.8) is 0 Å². The second-order valence-electron chi connectivity index (χ2n) is 6.08. The van der Waals surface area contributed by atoms with Gasteiger partial charge in [0, 0.05) is 12.5 Å². The third-order valence-corrected chi connectivity index (χ3v) is 3.50. The minimum Gasteiger partial charge on any atom is -0.449 e. The van der Waals surface area contributed by atoms with Gasteiger partial charge in [0.25, 0.3) is 0 Å². The molecule has 0 aliphatic heterocycles. The maximum Gasteiger partial charge on any atom is 0.460 e. The molecule has 0 aromatic heterocycles. The molecule has 0 aliphatic carbocycles. The maximum absolute atomic E-state index is 13.4. The van der Waals surface area contributed by atoms with Gasteiger partial charge in [-0.15, -0.1) is 0 Å². The number of halogens is 13. The summed E-state index contributed by atoms with van der Waals surface area (Å²) in [5, 5.41) is 0. The van der Waals surface area contributed by atoms with Gasteiger partial charge < -0.3 is 4.74 Å². The normalized spacial score (nSPS) is 13.9. The molecule has 0 rings (SSSR count). The Morgan fingerprint density at radius 1 is 0.735 bits per heavy atom. The highest BCUT2D eigenvalue weighted by Crippen LogP contribution is 2.60. The summed E-state index contributed by atoms with van der Waals surface area (Å²) in [6.07, 6.45) is -5.80. The smallest absolute Gasteiger partial charge is 0.449 e. The van der Waals surface area contributed by atoms with Crippen LogP contribution in [0.3, 0.4) is 0 Å². The van der Waals surface area contributed by atoms with Gasteiger partial charge in [0.1, 0.15) is 0 Å². The Bertz CT molecular complexity index is 891. The number of esters is 1. The molecule has 2 nitrogen and oxygen atoms in total. The Hall–Kier alpha value is -2.84. The van der Waals surface area contributed by atoms with Crippen molar-refractivity contribution in [2.24, 2.45) is 0 Å². The number of hydrogen-bond donors (Lipinski definition) is 0. The van der Waals surface area contributed by atoms with Crippen LogP contribution >= 0.6 is 0 Å². The zero-order valence-corrected chi connectivity index (χ0v) is 16.7. The van der Waals surface area contributed by atoms with E-state index in [9.17, 15) is 61.9 Å². The molecule has 192 valence electrons. The third-order valence-electron chi connectivity index (χ3n) is 3.50. The topological polar surface area (TPSA) is 26.3 Å². The Kier molecular flexibility index (Phi) is 10.1. The lowest BCUT2D eigenvalue weighted by atomic mass is 9.94. The van der Waals surface area contributed by atoms with Crippen LogP contribution in [0, 0.1) is 23.7 Å². The first-order valence-electron chi connectivity index (χ1n) is 8.64. The molecule has 0 spiro atoms. The number of ether oxygens (including phenoxy) is 1. The Morgan fingerprint density at radius 3 is 1.74 bits per heavy atom. The largest absolute Gasteiger partial charge is 0.460 e. The molecule has 15 heteroatoms. The molecule has 0 saturated carbocycles. The minimum absolute atomic E-state index is 0.316. The number of alkyl halides is 13. The Morgan fingerprint density at radius 2 is 1.24 bits per heavy atom. The first kappa shape index (κ1) is 31.2. The molecule has 0 aliphatic rings. The van der Waals surface area contributed by atoms with Crippen molar-refractivity contribution in [2.75, 3.05) is 6.61 Å². The summed E-state index contributed by atoms with van der Waals surface area (Å²) in [5.41, 5.74) is 0. The lowest BCUT2D eigenvalue weighted by Crippen LogP contribution is -2.69. The van der Waals surface area contributed by atoms with E-state index >= 15 is 0 Å². The molecule has 0 amide bonds. The van der Waals surface area contributed by atoms with E-state index in [1.807, 2.05) is 6.92 Å². The van der Waals surface area contributed by atoms with E-state index in [4.69, 9.17) is 0 Å². The predicted molar refractivity (Wildman–Crippen MR) is 90.5 cm³/mol. The second-order valence-corrected chi connectivity index (χ2v) is 6.08. The van der Waals surface area contributed by atoms with Gasteiger partial charge in [-0.3, -0.25) is 0 Å². The van der Waals surface area contributed by atoms with Crippen LogP contribution in [0.15, 0.2) is 24.3 Å². The highest BCUT2D eigenvalue weighted by molar-refractivity contribution is 5.82. The summed E-state index contributed by atoms with van der Waals surface area (Å²) in [6, 6.07) is 0. The van der Waals surface area contributed by atoms with E-state index in [-0.39, 0.29) is 6.08 Å². The van der Waals surface area contributed by atoms with Crippen LogP contribution < -0.4 is 0 Å². The van der Waals surface area contributed by atoms with Crippen molar-refractivity contribution in [1.82, 2.24) is 0 Å². The predicted octanol–water partition coefficient (Wildman–Crippen LogP) is 6.19. The molecular formula is C19H13F13O2. The molecule has 0 unspecified atom stereocenters. The second kappa shape index (κ2) is 11.1. The van der Waals surface area contributed by atoms with Crippen LogP contribution in [-0.4, -0.2) is 48.4 Å². The first-order chi connectivity index (χ1) is 15.2. The van der Waals surface area contributed by atoms with Gasteiger partial charge in [-0.2, -0.15) is 57.1 Å². The number of carbonyl (C=O) groups excluding carboxylic acids is 1. The fourth-order valence-corrected chi connectivity index (χ4v) is 1.65. The van der Waals surface area contributed by atoms with E-state index in [1.54, 1.807) is 5.92 Å². The van der Waals surface area contributed by atoms with Gasteiger partial charge in [0.05, 0.1) is 0 Å². The summed E-state index contributed by atoms with van der Waals surface area (Å²) >= 11 is 0. The van der Waals surface area contributed by atoms with Crippen LogP contribution in [0.2, 0.25) is 0 Å². The zero-order chi connectivity index (χ0) is 27.1. The van der Waals surface area contributed by atoms with E-state index in [0.29, 0.717) is 6.42 Å². The molecule has 0 aromatic carbocycles. The molecule has 0 saturated heterocycles. The summed E-state index contributed by atoms with van der Waals surface area (Å²) in [5.74, 6) is -30.2. The zero-order valence-electron chi connectivity index (χ0n) is 16.7. The average molecular weight is 520 g/mol. The summed E-state index contributed by atoms with van der Waals surface area (Å²) in [6.45, 7) is 0.980. The van der Waals surface area contributed by atoms with Crippen LogP contribution in [0.4, 0.5) is 57.1 Å². The molecular weight excluding hydrogens is 507 g/mol. The fourth-order valence-electron chi connectivity index (χ4n) is 1.65. The summed E-state index contributed by atoms with van der Waals surface area (Å²) < 4.78 is 172. The van der Waals surface area contributed by atoms with Crippen molar-refractivity contribution in [2.45, 2.75) is 55.6 Å². The molecule has 0 bridgehead atoms. The first-order valence-corrected chi connectivity index (χ1v) is 8.64. The molecule has 0 N–H and O–H groups in total. The van der Waals surface area contributed by atoms with Gasteiger partial charge in [0.15, 0.2) is 6.61 Å². The van der Waals surface area contributed by atoms with Gasteiger partial charge in [-0.1, -0.05) is 30.6 Å². The van der Waals surface area contributed by atoms with Gasteiger partial charge in [-0.25, -0.2) is 4.79 Å². The van der Waals surface area contributed by atoms with E-state index in [1.165, 1.54) is 5.92 Å². The van der Waals surface area contributed by atoms with Crippen LogP contribution in [0.25, 0.3) is 0 Å². The minimum atomic E-state index is -7.96. The van der Waals surface area contributed by atoms with Crippen molar-refractivity contribution in [3.05, 3.63) is 24.3 Å². The standard InChI is InChI=1S/C19H13F13O2/c1-2-3-4-5-7-10-13(33)34-12-9-6-8-11-14(20,21)15(22,23)16(24,25)17(26,27)18(28,29)19(30,31)32/h7-8,10-11H,2-3,12H2,1H3/b10-7+,11-8+. The van der Waals surface area contributed by atoms with Gasteiger partial charge in [-0.05, 0) is 24.6 Å². The summed E-state index contributed by atoms with van der Waals surface area (Å²) in [7, 11) is 0. The van der Waals surface area contributed by atoms with Crippen molar-refractivity contribution >= 4 is 5.97 Å². The molecule has 0 aromatic rings. The quantitative estimate of drug-likeness (QED) is 0.165. The average Bonchev–Trinajstić information content (AvgIpc) is 2.68. The number of hydrogen-bond acceptors (Lipinski definition) is 2. The maximum atomic E-state index is 13.4. The lowest BCUT2D eigenvalue weighted by Gasteiger charge is -2.39. The fraction of sp³-hybridized carbons (Fsp3) is 0.526. The Labute approximate surface area is 183 Å². The lowest BCUT2D eigenvalue weighted by molar-refractivity contribution is -0.436. The van der Waals surface area contributed by atoms with Crippen LogP contribution in [0.1, 0.15) is 19.8 Å². The van der Waals surface area contributed by atoms with E-state index in [2.05, 4.69) is 16.6 Å². The number of allylic oxidation sites excluding steroid dienone is 3. The van der Waals surface area contributed by atoms with E-state index < -0.39 is 54.4 Å². The molecule has 0 radical (unpaired) electrons. The van der Waals surface area contributed by atoms with Crippen molar-refractivity contribution in [3.8, 4) is 23.7 Å². The molecule has 0 atom stereocenters. The van der Waals surface area contributed by atoms with Gasteiger partial charge in [0.2, 0.25) is 0 Å². The van der Waals surface area contributed by atoms with Crippen LogP contribution in [-0.2, 0) is 9.53 Å². The molecule has 0 fully saturated rings.